The summed E-state index contributed by atoms with van der Waals surface area (Å²) in [5, 5.41) is 1.23. The topological polar surface area (TPSA) is 75.3 Å². The van der Waals surface area contributed by atoms with Gasteiger partial charge in [0.05, 0.1) is 15.3 Å². The second-order valence-electron chi connectivity index (χ2n) is 6.12. The number of carbonyl (C=O) groups is 1. The van der Waals surface area contributed by atoms with Gasteiger partial charge in [0, 0.05) is 38.2 Å². The van der Waals surface area contributed by atoms with Crippen LogP contribution in [0.2, 0.25) is 5.02 Å². The number of thiazole rings is 1. The van der Waals surface area contributed by atoms with Crippen LogP contribution in [-0.4, -0.2) is 40.0 Å². The number of aromatic amines is 1. The number of fused-ring (bicyclic) bond motifs is 1. The summed E-state index contributed by atoms with van der Waals surface area (Å²) in [6, 6.07) is 8.59. The number of nitrogens with zero attached hydrogens (tertiary/aromatic N) is 2. The van der Waals surface area contributed by atoms with E-state index in [9.17, 15) is 9.59 Å². The SMILES string of the molecule is O=C(c1ccc(=O)[nH]c1)N1CCC(Oc2nc3c(Cl)cccc3s2)CC1. The number of nitrogens with one attached hydrogen (secondary N) is 1. The molecular weight excluding hydrogens is 374 g/mol. The molecule has 134 valence electrons. The average molecular weight is 390 g/mol. The van der Waals surface area contributed by atoms with E-state index >= 15 is 0 Å². The van der Waals surface area contributed by atoms with Crippen molar-refractivity contribution in [1.82, 2.24) is 14.9 Å². The Hall–Kier alpha value is -2.38. The normalized spacial score (nSPS) is 15.3. The number of benzene rings is 1. The smallest absolute Gasteiger partial charge is 0.274 e. The molecular formula is C18H16ClN3O3S. The number of piperidine rings is 1. The Labute approximate surface area is 158 Å². The monoisotopic (exact) mass is 389 g/mol. The minimum absolute atomic E-state index is 0.0222. The van der Waals surface area contributed by atoms with Gasteiger partial charge in [0.1, 0.15) is 11.6 Å². The number of amides is 1. The number of pyridine rings is 1. The first kappa shape index (κ1) is 17.1. The summed E-state index contributed by atoms with van der Waals surface area (Å²) < 4.78 is 7.01. The van der Waals surface area contributed by atoms with Crippen LogP contribution in [-0.2, 0) is 0 Å². The van der Waals surface area contributed by atoms with Crippen molar-refractivity contribution in [3.8, 4) is 5.19 Å². The molecule has 3 aromatic rings. The van der Waals surface area contributed by atoms with Gasteiger partial charge in [-0.2, -0.15) is 0 Å². The van der Waals surface area contributed by atoms with Gasteiger partial charge in [0.25, 0.3) is 11.1 Å². The van der Waals surface area contributed by atoms with E-state index in [1.807, 2.05) is 18.2 Å². The lowest BCUT2D eigenvalue weighted by atomic mass is 10.1. The molecule has 2 aromatic heterocycles. The van der Waals surface area contributed by atoms with Gasteiger partial charge in [-0.25, -0.2) is 4.98 Å². The van der Waals surface area contributed by atoms with Gasteiger partial charge in [-0.15, -0.1) is 0 Å². The zero-order chi connectivity index (χ0) is 18.1. The van der Waals surface area contributed by atoms with Gasteiger partial charge in [-0.1, -0.05) is 29.0 Å². The number of aromatic nitrogens is 2. The first-order valence-corrected chi connectivity index (χ1v) is 9.49. The van der Waals surface area contributed by atoms with Crippen molar-refractivity contribution in [2.75, 3.05) is 13.1 Å². The number of hydrogen-bond acceptors (Lipinski definition) is 5. The lowest BCUT2D eigenvalue weighted by molar-refractivity contribution is 0.0595. The minimum atomic E-state index is -0.218. The number of para-hydroxylation sites is 1. The number of H-pyrrole nitrogens is 1. The Balaban J connectivity index is 1.38. The highest BCUT2D eigenvalue weighted by Crippen LogP contribution is 2.33. The Morgan fingerprint density at radius 2 is 2.08 bits per heavy atom. The first-order chi connectivity index (χ1) is 12.6. The molecule has 0 unspecified atom stereocenters. The van der Waals surface area contributed by atoms with Crippen LogP contribution < -0.4 is 10.3 Å². The average Bonchev–Trinajstić information content (AvgIpc) is 3.06. The number of likely N-dealkylation sites (tertiary alicyclic amines) is 1. The molecule has 1 aromatic carbocycles. The van der Waals surface area contributed by atoms with Gasteiger partial charge < -0.3 is 14.6 Å². The predicted molar refractivity (Wildman–Crippen MR) is 101 cm³/mol. The molecule has 3 heterocycles. The van der Waals surface area contributed by atoms with Crippen molar-refractivity contribution in [1.29, 1.82) is 0 Å². The summed E-state index contributed by atoms with van der Waals surface area (Å²) in [5.74, 6) is -0.0773. The van der Waals surface area contributed by atoms with E-state index in [1.165, 1.54) is 23.6 Å². The molecule has 0 bridgehead atoms. The molecule has 8 heteroatoms. The lowest BCUT2D eigenvalue weighted by Crippen LogP contribution is -2.41. The molecule has 0 saturated carbocycles. The number of halogens is 1. The fourth-order valence-electron chi connectivity index (χ4n) is 2.99. The van der Waals surface area contributed by atoms with Crippen LogP contribution in [0.3, 0.4) is 0 Å². The highest BCUT2D eigenvalue weighted by atomic mass is 35.5. The van der Waals surface area contributed by atoms with E-state index in [0.29, 0.717) is 28.9 Å². The van der Waals surface area contributed by atoms with Gasteiger partial charge >= 0.3 is 0 Å². The van der Waals surface area contributed by atoms with E-state index < -0.39 is 0 Å². The van der Waals surface area contributed by atoms with Crippen LogP contribution in [0.25, 0.3) is 10.2 Å². The summed E-state index contributed by atoms with van der Waals surface area (Å²) in [5.41, 5.74) is 1.04. The zero-order valence-electron chi connectivity index (χ0n) is 13.8. The quantitative estimate of drug-likeness (QED) is 0.745. The molecule has 6 nitrogen and oxygen atoms in total. The van der Waals surface area contributed by atoms with E-state index in [1.54, 1.807) is 11.0 Å². The highest BCUT2D eigenvalue weighted by molar-refractivity contribution is 7.20. The molecule has 1 fully saturated rings. The van der Waals surface area contributed by atoms with Crippen LogP contribution in [0, 0.1) is 0 Å². The number of rotatable bonds is 3. The van der Waals surface area contributed by atoms with Crippen LogP contribution in [0.15, 0.2) is 41.3 Å². The van der Waals surface area contributed by atoms with Crippen molar-refractivity contribution >= 4 is 39.1 Å². The largest absolute Gasteiger partial charge is 0.467 e. The van der Waals surface area contributed by atoms with Crippen molar-refractivity contribution in [2.24, 2.45) is 0 Å². The second kappa shape index (κ2) is 7.09. The summed E-state index contributed by atoms with van der Waals surface area (Å²) in [4.78, 5) is 32.4. The Morgan fingerprint density at radius 3 is 2.77 bits per heavy atom. The third kappa shape index (κ3) is 3.45. The van der Waals surface area contributed by atoms with E-state index in [4.69, 9.17) is 16.3 Å². The summed E-state index contributed by atoms with van der Waals surface area (Å²) >= 11 is 7.64. The number of hydrogen-bond donors (Lipinski definition) is 1. The minimum Gasteiger partial charge on any atom is -0.467 e. The fourth-order valence-corrected chi connectivity index (χ4v) is 4.17. The van der Waals surface area contributed by atoms with Crippen molar-refractivity contribution in [3.05, 3.63) is 57.5 Å². The van der Waals surface area contributed by atoms with Crippen LogP contribution in [0.4, 0.5) is 0 Å². The van der Waals surface area contributed by atoms with Crippen molar-refractivity contribution < 1.29 is 9.53 Å². The molecule has 4 rings (SSSR count). The number of ether oxygens (including phenoxy) is 1. The Kier molecular flexibility index (Phi) is 4.65. The summed E-state index contributed by atoms with van der Waals surface area (Å²) in [7, 11) is 0. The highest BCUT2D eigenvalue weighted by Gasteiger charge is 2.25. The standard InChI is InChI=1S/C18H16ClN3O3S/c19-13-2-1-3-14-16(13)21-18(26-14)25-12-6-8-22(9-7-12)17(24)11-4-5-15(23)20-10-11/h1-5,10,12H,6-9H2,(H,20,23). The Morgan fingerprint density at radius 1 is 1.27 bits per heavy atom. The number of carbonyl (C=O) groups excluding carboxylic acids is 1. The van der Waals surface area contributed by atoms with Crippen molar-refractivity contribution in [3.63, 3.8) is 0 Å². The Bertz CT molecular complexity index is 988. The second-order valence-corrected chi connectivity index (χ2v) is 7.52. The molecule has 0 aliphatic carbocycles. The molecule has 0 spiro atoms. The molecule has 26 heavy (non-hydrogen) atoms. The van der Waals surface area contributed by atoms with E-state index in [2.05, 4.69) is 9.97 Å². The molecule has 1 N–H and O–H groups in total. The molecule has 1 amide bonds. The van der Waals surface area contributed by atoms with Gasteiger partial charge in [0.2, 0.25) is 5.56 Å². The molecule has 0 radical (unpaired) electrons. The lowest BCUT2D eigenvalue weighted by Gasteiger charge is -2.31. The molecule has 0 atom stereocenters. The van der Waals surface area contributed by atoms with Gasteiger partial charge in [-0.3, -0.25) is 9.59 Å². The van der Waals surface area contributed by atoms with Crippen molar-refractivity contribution in [2.45, 2.75) is 18.9 Å². The summed E-state index contributed by atoms with van der Waals surface area (Å²) in [6.07, 6.45) is 2.95. The molecule has 1 aliphatic heterocycles. The third-order valence-corrected chi connectivity index (χ3v) is 5.59. The van der Waals surface area contributed by atoms with E-state index in [0.717, 1.165) is 23.1 Å². The first-order valence-electron chi connectivity index (χ1n) is 8.30. The van der Waals surface area contributed by atoms with Crippen LogP contribution >= 0.6 is 22.9 Å². The summed E-state index contributed by atoms with van der Waals surface area (Å²) in [6.45, 7) is 1.21. The van der Waals surface area contributed by atoms with E-state index in [-0.39, 0.29) is 17.6 Å². The van der Waals surface area contributed by atoms with Gasteiger partial charge in [-0.05, 0) is 18.2 Å². The maximum atomic E-state index is 12.5. The van der Waals surface area contributed by atoms with Gasteiger partial charge in [0.15, 0.2) is 0 Å². The zero-order valence-corrected chi connectivity index (χ0v) is 15.3. The maximum absolute atomic E-state index is 12.5. The third-order valence-electron chi connectivity index (χ3n) is 4.38. The molecule has 1 aliphatic rings. The fraction of sp³-hybridized carbons (Fsp3) is 0.278. The maximum Gasteiger partial charge on any atom is 0.274 e. The predicted octanol–water partition coefficient (Wildman–Crippen LogP) is 3.32. The molecule has 1 saturated heterocycles. The van der Waals surface area contributed by atoms with Crippen LogP contribution in [0.5, 0.6) is 5.19 Å². The van der Waals surface area contributed by atoms with Crippen LogP contribution in [0.1, 0.15) is 23.2 Å².